The zero-order valence-corrected chi connectivity index (χ0v) is 12.7. The zero-order valence-electron chi connectivity index (χ0n) is 12.7. The molecule has 1 rings (SSSR count). The highest BCUT2D eigenvalue weighted by Gasteiger charge is 2.15. The van der Waals surface area contributed by atoms with E-state index in [1.165, 1.54) is 50.5 Å². The van der Waals surface area contributed by atoms with Gasteiger partial charge in [0.05, 0.1) is 0 Å². The van der Waals surface area contributed by atoms with Gasteiger partial charge in [-0.25, -0.2) is 0 Å². The van der Waals surface area contributed by atoms with Crippen molar-refractivity contribution in [2.24, 2.45) is 0 Å². The summed E-state index contributed by atoms with van der Waals surface area (Å²) in [7, 11) is 0. The maximum atomic E-state index is 11.8. The number of unbranched alkanes of at least 4 members (excludes halogenated alkanes) is 7. The molecule has 2 N–H and O–H groups in total. The van der Waals surface area contributed by atoms with Gasteiger partial charge in [0, 0.05) is 25.2 Å². The average molecular weight is 266 g/mol. The van der Waals surface area contributed by atoms with Crippen LogP contribution in [0.2, 0.25) is 0 Å². The Morgan fingerprint density at radius 3 is 2.16 bits per heavy atom. The van der Waals surface area contributed by atoms with Crippen LogP contribution in [-0.2, 0) is 4.79 Å². The fourth-order valence-corrected chi connectivity index (χ4v) is 2.27. The lowest BCUT2D eigenvalue weighted by molar-refractivity contribution is -0.117. The summed E-state index contributed by atoms with van der Waals surface area (Å²) in [6, 6.07) is 0. The van der Waals surface area contributed by atoms with Crippen molar-refractivity contribution in [2.45, 2.75) is 65.2 Å². The molecule has 1 saturated heterocycles. The number of amides is 1. The second kappa shape index (κ2) is 10.0. The van der Waals surface area contributed by atoms with Gasteiger partial charge in [0.15, 0.2) is 0 Å². The standard InChI is InChI=1S/C16H30N2O/c1-3-4-5-6-7-8-9-10-11-18-16(19)14(2)15-12-17-13-15/h17H,3-13H2,1-2H3,(H,18,19). The molecule has 0 bridgehead atoms. The predicted molar refractivity (Wildman–Crippen MR) is 81.2 cm³/mol. The minimum absolute atomic E-state index is 0.124. The number of hydrogen-bond acceptors (Lipinski definition) is 2. The van der Waals surface area contributed by atoms with Crippen molar-refractivity contribution in [1.82, 2.24) is 10.6 Å². The molecule has 0 aromatic carbocycles. The summed E-state index contributed by atoms with van der Waals surface area (Å²) in [4.78, 5) is 11.8. The number of nitrogens with one attached hydrogen (secondary N) is 2. The summed E-state index contributed by atoms with van der Waals surface area (Å²) < 4.78 is 0. The molecule has 1 heterocycles. The van der Waals surface area contributed by atoms with E-state index >= 15 is 0 Å². The molecule has 0 spiro atoms. The van der Waals surface area contributed by atoms with Crippen LogP contribution >= 0.6 is 0 Å². The SMILES string of the molecule is CCCCCCCCCCNC(=O)C(C)=C1CNC1. The van der Waals surface area contributed by atoms with Gasteiger partial charge in [0.25, 0.3) is 0 Å². The van der Waals surface area contributed by atoms with E-state index in [9.17, 15) is 4.79 Å². The highest BCUT2D eigenvalue weighted by Crippen LogP contribution is 2.09. The van der Waals surface area contributed by atoms with Crippen LogP contribution < -0.4 is 10.6 Å². The third kappa shape index (κ3) is 6.76. The number of carbonyl (C=O) groups is 1. The van der Waals surface area contributed by atoms with Crippen LogP contribution in [0, 0.1) is 0 Å². The monoisotopic (exact) mass is 266 g/mol. The Kier molecular flexibility index (Phi) is 8.55. The third-order valence-electron chi connectivity index (χ3n) is 3.86. The summed E-state index contributed by atoms with van der Waals surface area (Å²) >= 11 is 0. The van der Waals surface area contributed by atoms with Crippen LogP contribution in [0.25, 0.3) is 0 Å². The Bertz CT molecular complexity index is 291. The molecule has 1 aliphatic heterocycles. The van der Waals surface area contributed by atoms with Gasteiger partial charge in [-0.2, -0.15) is 0 Å². The third-order valence-corrected chi connectivity index (χ3v) is 3.86. The van der Waals surface area contributed by atoms with E-state index in [0.717, 1.165) is 31.6 Å². The molecule has 110 valence electrons. The highest BCUT2D eigenvalue weighted by molar-refractivity contribution is 5.93. The van der Waals surface area contributed by atoms with Crippen LogP contribution in [-0.4, -0.2) is 25.5 Å². The van der Waals surface area contributed by atoms with E-state index < -0.39 is 0 Å². The minimum Gasteiger partial charge on any atom is -0.352 e. The highest BCUT2D eigenvalue weighted by atomic mass is 16.1. The van der Waals surface area contributed by atoms with Gasteiger partial charge in [0.2, 0.25) is 5.91 Å². The first-order valence-corrected chi connectivity index (χ1v) is 7.93. The fraction of sp³-hybridized carbons (Fsp3) is 0.812. The van der Waals surface area contributed by atoms with E-state index in [0.29, 0.717) is 0 Å². The molecule has 19 heavy (non-hydrogen) atoms. The van der Waals surface area contributed by atoms with Gasteiger partial charge in [-0.15, -0.1) is 0 Å². The Balaban J connectivity index is 1.92. The van der Waals surface area contributed by atoms with E-state index in [1.54, 1.807) is 0 Å². The summed E-state index contributed by atoms with van der Waals surface area (Å²) in [6.07, 6.45) is 10.5. The second-order valence-corrected chi connectivity index (χ2v) is 5.56. The molecule has 0 aromatic rings. The normalized spacial score (nSPS) is 14.1. The van der Waals surface area contributed by atoms with Crippen LogP contribution in [0.3, 0.4) is 0 Å². The van der Waals surface area contributed by atoms with Crippen molar-refractivity contribution >= 4 is 5.91 Å². The van der Waals surface area contributed by atoms with Gasteiger partial charge in [-0.1, -0.05) is 51.9 Å². The van der Waals surface area contributed by atoms with Crippen LogP contribution in [0.5, 0.6) is 0 Å². The minimum atomic E-state index is 0.124. The summed E-state index contributed by atoms with van der Waals surface area (Å²) in [6.45, 7) is 6.78. The number of carbonyl (C=O) groups excluding carboxylic acids is 1. The Labute approximate surface area is 118 Å². The lowest BCUT2D eigenvalue weighted by Crippen LogP contribution is -2.37. The molecule has 1 amide bonds. The molecule has 0 radical (unpaired) electrons. The van der Waals surface area contributed by atoms with Crippen LogP contribution in [0.4, 0.5) is 0 Å². The van der Waals surface area contributed by atoms with E-state index in [-0.39, 0.29) is 5.91 Å². The molecule has 1 aliphatic rings. The average Bonchev–Trinajstić information content (AvgIpc) is 2.34. The summed E-state index contributed by atoms with van der Waals surface area (Å²) in [5.74, 6) is 0.124. The maximum absolute atomic E-state index is 11.8. The molecule has 0 aromatic heterocycles. The maximum Gasteiger partial charge on any atom is 0.246 e. The van der Waals surface area contributed by atoms with Crippen molar-refractivity contribution in [3.8, 4) is 0 Å². The van der Waals surface area contributed by atoms with Crippen LogP contribution in [0.1, 0.15) is 65.2 Å². The van der Waals surface area contributed by atoms with Gasteiger partial charge < -0.3 is 10.6 Å². The first kappa shape index (κ1) is 16.2. The van der Waals surface area contributed by atoms with Crippen molar-refractivity contribution in [3.63, 3.8) is 0 Å². The molecular formula is C16H30N2O. The quantitative estimate of drug-likeness (QED) is 0.471. The van der Waals surface area contributed by atoms with Crippen LogP contribution in [0.15, 0.2) is 11.1 Å². The largest absolute Gasteiger partial charge is 0.352 e. The Hall–Kier alpha value is -0.830. The molecule has 3 nitrogen and oxygen atoms in total. The van der Waals surface area contributed by atoms with Gasteiger partial charge in [-0.3, -0.25) is 4.79 Å². The number of rotatable bonds is 10. The van der Waals surface area contributed by atoms with Crippen molar-refractivity contribution in [1.29, 1.82) is 0 Å². The van der Waals surface area contributed by atoms with Gasteiger partial charge >= 0.3 is 0 Å². The smallest absolute Gasteiger partial charge is 0.246 e. The molecule has 1 fully saturated rings. The predicted octanol–water partition coefficient (Wildman–Crippen LogP) is 3.16. The van der Waals surface area contributed by atoms with Gasteiger partial charge in [0.1, 0.15) is 0 Å². The lowest BCUT2D eigenvalue weighted by atomic mass is 10.0. The summed E-state index contributed by atoms with van der Waals surface area (Å²) in [5, 5.41) is 6.18. The zero-order chi connectivity index (χ0) is 13.9. The van der Waals surface area contributed by atoms with Gasteiger partial charge in [-0.05, 0) is 18.9 Å². The summed E-state index contributed by atoms with van der Waals surface area (Å²) in [5.41, 5.74) is 2.17. The van der Waals surface area contributed by atoms with E-state index in [2.05, 4.69) is 17.6 Å². The van der Waals surface area contributed by atoms with Crippen molar-refractivity contribution in [2.75, 3.05) is 19.6 Å². The van der Waals surface area contributed by atoms with E-state index in [1.807, 2.05) is 6.92 Å². The Morgan fingerprint density at radius 1 is 1.05 bits per heavy atom. The first-order chi connectivity index (χ1) is 9.25. The molecule has 3 heteroatoms. The molecule has 0 aliphatic carbocycles. The van der Waals surface area contributed by atoms with Crippen molar-refractivity contribution in [3.05, 3.63) is 11.1 Å². The lowest BCUT2D eigenvalue weighted by Gasteiger charge is -2.21. The molecule has 0 atom stereocenters. The topological polar surface area (TPSA) is 41.1 Å². The Morgan fingerprint density at radius 2 is 1.63 bits per heavy atom. The van der Waals surface area contributed by atoms with Crippen molar-refractivity contribution < 1.29 is 4.79 Å². The molecule has 0 unspecified atom stereocenters. The second-order valence-electron chi connectivity index (χ2n) is 5.56. The molecule has 0 saturated carbocycles. The molecular weight excluding hydrogens is 236 g/mol. The van der Waals surface area contributed by atoms with E-state index in [4.69, 9.17) is 0 Å². The number of hydrogen-bond donors (Lipinski definition) is 2. The fourth-order valence-electron chi connectivity index (χ4n) is 2.27. The first-order valence-electron chi connectivity index (χ1n) is 7.93.